The van der Waals surface area contributed by atoms with Crippen molar-refractivity contribution in [1.82, 2.24) is 4.31 Å². The van der Waals surface area contributed by atoms with Crippen LogP contribution in [0, 0.1) is 11.3 Å². The summed E-state index contributed by atoms with van der Waals surface area (Å²) >= 11 is 6.16. The first-order chi connectivity index (χ1) is 15.4. The molecular formula is C22H20ClN3O5S. The smallest absolute Gasteiger partial charge is 0.266 e. The second-order valence-corrected chi connectivity index (χ2v) is 9.70. The number of piperidine rings is 1. The first-order valence-corrected chi connectivity index (χ1v) is 11.8. The highest BCUT2D eigenvalue weighted by Gasteiger charge is 2.26. The quantitative estimate of drug-likeness (QED) is 0.522. The van der Waals surface area contributed by atoms with E-state index in [1.165, 1.54) is 22.5 Å². The molecule has 4 rings (SSSR count). The standard InChI is InChI=1S/C22H20ClN3O5S/c23-19-10-15(11-20-21(19)31-14-30-20)9-16(13-24)22(27)25-17-5-4-6-18(12-17)32(28,29)26-7-2-1-3-8-26/h4-6,9-12H,1-3,7-8,14H2,(H,25,27)/b16-9+. The van der Waals surface area contributed by atoms with Crippen molar-refractivity contribution in [2.45, 2.75) is 24.2 Å². The molecular weight excluding hydrogens is 454 g/mol. The number of nitrogens with one attached hydrogen (secondary N) is 1. The van der Waals surface area contributed by atoms with E-state index in [1.54, 1.807) is 24.3 Å². The highest BCUT2D eigenvalue weighted by Crippen LogP contribution is 2.40. The van der Waals surface area contributed by atoms with Crippen molar-refractivity contribution < 1.29 is 22.7 Å². The zero-order valence-electron chi connectivity index (χ0n) is 17.0. The lowest BCUT2D eigenvalue weighted by Crippen LogP contribution is -2.35. The monoisotopic (exact) mass is 473 g/mol. The Labute approximate surface area is 191 Å². The van der Waals surface area contributed by atoms with Crippen molar-refractivity contribution in [3.63, 3.8) is 0 Å². The van der Waals surface area contributed by atoms with Crippen molar-refractivity contribution in [3.8, 4) is 17.6 Å². The van der Waals surface area contributed by atoms with Gasteiger partial charge in [0, 0.05) is 18.8 Å². The summed E-state index contributed by atoms with van der Waals surface area (Å²) in [6.45, 7) is 1.02. The Balaban J connectivity index is 1.54. The van der Waals surface area contributed by atoms with Gasteiger partial charge in [0.15, 0.2) is 11.5 Å². The van der Waals surface area contributed by atoms with Crippen LogP contribution in [0.15, 0.2) is 46.9 Å². The summed E-state index contributed by atoms with van der Waals surface area (Å²) < 4.78 is 37.8. The fourth-order valence-electron chi connectivity index (χ4n) is 3.57. The van der Waals surface area contributed by atoms with Crippen LogP contribution in [0.4, 0.5) is 5.69 Å². The molecule has 1 fully saturated rings. The molecule has 2 aromatic carbocycles. The summed E-state index contributed by atoms with van der Waals surface area (Å²) in [7, 11) is -3.64. The SMILES string of the molecule is N#C/C(=C\c1cc(Cl)c2c(c1)OCO2)C(=O)Nc1cccc(S(=O)(=O)N2CCCCC2)c1. The van der Waals surface area contributed by atoms with Crippen molar-refractivity contribution in [2.75, 3.05) is 25.2 Å². The zero-order chi connectivity index (χ0) is 22.7. The van der Waals surface area contributed by atoms with Crippen LogP contribution in [-0.4, -0.2) is 38.5 Å². The molecule has 32 heavy (non-hydrogen) atoms. The molecule has 0 spiro atoms. The number of nitriles is 1. The maximum Gasteiger partial charge on any atom is 0.266 e. The molecule has 166 valence electrons. The van der Waals surface area contributed by atoms with Crippen LogP contribution in [0.3, 0.4) is 0 Å². The van der Waals surface area contributed by atoms with E-state index in [1.807, 2.05) is 6.07 Å². The number of hydrogen-bond acceptors (Lipinski definition) is 6. The predicted octanol–water partition coefficient (Wildman–Crippen LogP) is 3.79. The van der Waals surface area contributed by atoms with E-state index >= 15 is 0 Å². The Bertz CT molecular complexity index is 1230. The van der Waals surface area contributed by atoms with Gasteiger partial charge < -0.3 is 14.8 Å². The summed E-state index contributed by atoms with van der Waals surface area (Å²) in [4.78, 5) is 12.8. The number of anilines is 1. The molecule has 2 aliphatic heterocycles. The molecule has 0 aliphatic carbocycles. The maximum absolute atomic E-state index is 12.9. The minimum absolute atomic E-state index is 0.0461. The molecule has 10 heteroatoms. The number of fused-ring (bicyclic) bond motifs is 1. The highest BCUT2D eigenvalue weighted by atomic mass is 35.5. The van der Waals surface area contributed by atoms with Gasteiger partial charge in [-0.2, -0.15) is 9.57 Å². The summed E-state index contributed by atoms with van der Waals surface area (Å²) in [6, 6.07) is 11.1. The molecule has 1 N–H and O–H groups in total. The summed E-state index contributed by atoms with van der Waals surface area (Å²) in [5.74, 6) is 0.171. The van der Waals surface area contributed by atoms with Crippen LogP contribution in [0.5, 0.6) is 11.5 Å². The molecule has 0 unspecified atom stereocenters. The van der Waals surface area contributed by atoms with E-state index in [-0.39, 0.29) is 22.9 Å². The minimum atomic E-state index is -3.64. The molecule has 2 aliphatic rings. The van der Waals surface area contributed by atoms with Gasteiger partial charge >= 0.3 is 0 Å². The predicted molar refractivity (Wildman–Crippen MR) is 119 cm³/mol. The normalized spacial score (nSPS) is 16.4. The molecule has 1 saturated heterocycles. The molecule has 2 aromatic rings. The van der Waals surface area contributed by atoms with Gasteiger partial charge in [-0.3, -0.25) is 4.79 Å². The lowest BCUT2D eigenvalue weighted by atomic mass is 10.1. The van der Waals surface area contributed by atoms with Gasteiger partial charge in [0.2, 0.25) is 16.8 Å². The fourth-order valence-corrected chi connectivity index (χ4v) is 5.41. The average Bonchev–Trinajstić information content (AvgIpc) is 3.27. The number of nitrogens with zero attached hydrogens (tertiary/aromatic N) is 2. The molecule has 0 bridgehead atoms. The Morgan fingerprint density at radius 3 is 2.69 bits per heavy atom. The van der Waals surface area contributed by atoms with E-state index in [2.05, 4.69) is 5.32 Å². The number of carbonyl (C=O) groups excluding carboxylic acids is 1. The maximum atomic E-state index is 12.9. The molecule has 0 saturated carbocycles. The minimum Gasteiger partial charge on any atom is -0.454 e. The van der Waals surface area contributed by atoms with Crippen LogP contribution < -0.4 is 14.8 Å². The van der Waals surface area contributed by atoms with Crippen LogP contribution in [-0.2, 0) is 14.8 Å². The third-order valence-electron chi connectivity index (χ3n) is 5.17. The summed E-state index contributed by atoms with van der Waals surface area (Å²) in [5.41, 5.74) is 0.592. The average molecular weight is 474 g/mol. The second kappa shape index (κ2) is 9.20. The largest absolute Gasteiger partial charge is 0.454 e. The van der Waals surface area contributed by atoms with Crippen LogP contribution in [0.2, 0.25) is 5.02 Å². The number of benzene rings is 2. The lowest BCUT2D eigenvalue weighted by molar-refractivity contribution is -0.112. The van der Waals surface area contributed by atoms with Crippen LogP contribution in [0.1, 0.15) is 24.8 Å². The van der Waals surface area contributed by atoms with E-state index in [4.69, 9.17) is 21.1 Å². The zero-order valence-corrected chi connectivity index (χ0v) is 18.6. The Kier molecular flexibility index (Phi) is 6.37. The molecule has 0 radical (unpaired) electrons. The van der Waals surface area contributed by atoms with E-state index < -0.39 is 15.9 Å². The Morgan fingerprint density at radius 2 is 1.94 bits per heavy atom. The van der Waals surface area contributed by atoms with Crippen LogP contribution in [0.25, 0.3) is 6.08 Å². The number of sulfonamides is 1. The van der Waals surface area contributed by atoms with Gasteiger partial charge in [0.05, 0.1) is 9.92 Å². The van der Waals surface area contributed by atoms with E-state index in [0.717, 1.165) is 19.3 Å². The fraction of sp³-hybridized carbons (Fsp3) is 0.273. The lowest BCUT2D eigenvalue weighted by Gasteiger charge is -2.26. The van der Waals surface area contributed by atoms with Gasteiger partial charge in [-0.15, -0.1) is 0 Å². The third kappa shape index (κ3) is 4.58. The topological polar surface area (TPSA) is 109 Å². The molecule has 8 nitrogen and oxygen atoms in total. The van der Waals surface area contributed by atoms with Crippen molar-refractivity contribution in [2.24, 2.45) is 0 Å². The third-order valence-corrected chi connectivity index (χ3v) is 7.35. The Hall–Kier alpha value is -3.06. The van der Waals surface area contributed by atoms with E-state index in [0.29, 0.717) is 35.2 Å². The molecule has 1 amide bonds. The van der Waals surface area contributed by atoms with E-state index in [9.17, 15) is 18.5 Å². The first kappa shape index (κ1) is 22.1. The van der Waals surface area contributed by atoms with Gasteiger partial charge in [-0.1, -0.05) is 24.1 Å². The number of amides is 1. The number of hydrogen-bond donors (Lipinski definition) is 1. The first-order valence-electron chi connectivity index (χ1n) is 10.0. The van der Waals surface area contributed by atoms with Crippen LogP contribution >= 0.6 is 11.6 Å². The number of carbonyl (C=O) groups is 1. The molecule has 0 aromatic heterocycles. The Morgan fingerprint density at radius 1 is 1.16 bits per heavy atom. The van der Waals surface area contributed by atoms with Gasteiger partial charge in [-0.25, -0.2) is 8.42 Å². The van der Waals surface area contributed by atoms with Gasteiger partial charge in [-0.05, 0) is 54.8 Å². The van der Waals surface area contributed by atoms with Crippen molar-refractivity contribution >= 4 is 39.3 Å². The number of halogens is 1. The van der Waals surface area contributed by atoms with Gasteiger partial charge in [0.25, 0.3) is 5.91 Å². The molecule has 2 heterocycles. The second-order valence-electron chi connectivity index (χ2n) is 7.35. The number of rotatable bonds is 5. The summed E-state index contributed by atoms with van der Waals surface area (Å²) in [5, 5.41) is 12.4. The van der Waals surface area contributed by atoms with Crippen molar-refractivity contribution in [3.05, 3.63) is 52.6 Å². The summed E-state index contributed by atoms with van der Waals surface area (Å²) in [6.07, 6.45) is 4.04. The van der Waals surface area contributed by atoms with Crippen molar-refractivity contribution in [1.29, 1.82) is 5.26 Å². The number of ether oxygens (including phenoxy) is 2. The molecule has 0 atom stereocenters. The highest BCUT2D eigenvalue weighted by molar-refractivity contribution is 7.89. The van der Waals surface area contributed by atoms with Gasteiger partial charge in [0.1, 0.15) is 11.6 Å².